The van der Waals surface area contributed by atoms with Gasteiger partial charge >= 0.3 is 0 Å². The van der Waals surface area contributed by atoms with Crippen molar-refractivity contribution in [3.8, 4) is 0 Å². The summed E-state index contributed by atoms with van der Waals surface area (Å²) in [5.41, 5.74) is 2.74. The third-order valence-electron chi connectivity index (χ3n) is 1.43. The van der Waals surface area contributed by atoms with Crippen molar-refractivity contribution in [2.24, 2.45) is 0 Å². The standard InChI is InChI=1S/C8H10.BH3/c1-7-5-3-4-6-8(7)2;/h3-6H,1-2H3;1H3. The van der Waals surface area contributed by atoms with E-state index in [4.69, 9.17) is 0 Å². The third-order valence-corrected chi connectivity index (χ3v) is 1.43. The fourth-order valence-corrected chi connectivity index (χ4v) is 0.663. The minimum Gasteiger partial charge on any atom is -0.0620 e. The molecule has 0 spiro atoms. The molecule has 0 saturated heterocycles. The van der Waals surface area contributed by atoms with Crippen molar-refractivity contribution in [2.45, 2.75) is 13.8 Å². The topological polar surface area (TPSA) is 0 Å². The van der Waals surface area contributed by atoms with E-state index in [1.807, 2.05) is 0 Å². The summed E-state index contributed by atoms with van der Waals surface area (Å²) >= 11 is 0. The van der Waals surface area contributed by atoms with Gasteiger partial charge in [-0.2, -0.15) is 0 Å². The molecule has 1 aromatic rings. The zero-order valence-corrected chi connectivity index (χ0v) is 5.31. The minimum absolute atomic E-state index is 0. The maximum Gasteiger partial charge on any atom is 0.0814 e. The molecule has 9 heavy (non-hydrogen) atoms. The van der Waals surface area contributed by atoms with E-state index in [0.717, 1.165) is 0 Å². The molecule has 1 heteroatoms. The van der Waals surface area contributed by atoms with E-state index in [-0.39, 0.29) is 8.41 Å². The highest BCUT2D eigenvalue weighted by Crippen LogP contribution is 2.02. The summed E-state index contributed by atoms with van der Waals surface area (Å²) in [6.07, 6.45) is 0. The summed E-state index contributed by atoms with van der Waals surface area (Å²) < 4.78 is 0. The Kier molecular flexibility index (Phi) is 3.07. The van der Waals surface area contributed by atoms with Crippen LogP contribution in [0.2, 0.25) is 0 Å². The molecule has 0 amide bonds. The van der Waals surface area contributed by atoms with Crippen LogP contribution in [-0.2, 0) is 0 Å². The highest BCUT2D eigenvalue weighted by Gasteiger charge is 1.83. The predicted octanol–water partition coefficient (Wildman–Crippen LogP) is 1.12. The first-order valence-electron chi connectivity index (χ1n) is 2.83. The molecule has 0 N–H and O–H groups in total. The van der Waals surface area contributed by atoms with Crippen LogP contribution in [0.5, 0.6) is 0 Å². The van der Waals surface area contributed by atoms with E-state index in [9.17, 15) is 0 Å². The average molecular weight is 120 g/mol. The summed E-state index contributed by atoms with van der Waals surface area (Å²) in [5.74, 6) is 0. The lowest BCUT2D eigenvalue weighted by atomic mass is 10.1. The van der Waals surface area contributed by atoms with E-state index in [2.05, 4.69) is 38.1 Å². The fourth-order valence-electron chi connectivity index (χ4n) is 0.663. The molecule has 1 rings (SSSR count). The average Bonchev–Trinajstić information content (AvgIpc) is 1.77. The zero-order valence-electron chi connectivity index (χ0n) is 5.31. The maximum absolute atomic E-state index is 2.12. The number of benzene rings is 1. The van der Waals surface area contributed by atoms with Gasteiger partial charge in [0.1, 0.15) is 0 Å². The Hall–Kier alpha value is -0.715. The molecule has 0 heterocycles. The van der Waals surface area contributed by atoms with Crippen LogP contribution in [0.15, 0.2) is 24.3 Å². The smallest absolute Gasteiger partial charge is 0.0620 e. The molecule has 0 nitrogen and oxygen atoms in total. The van der Waals surface area contributed by atoms with Crippen LogP contribution in [0, 0.1) is 13.8 Å². The predicted molar refractivity (Wildman–Crippen MR) is 45.9 cm³/mol. The molecular formula is C8H13B. The van der Waals surface area contributed by atoms with Gasteiger partial charge in [0.25, 0.3) is 0 Å². The molecule has 0 unspecified atom stereocenters. The second-order valence-electron chi connectivity index (χ2n) is 2.08. The summed E-state index contributed by atoms with van der Waals surface area (Å²) in [4.78, 5) is 0. The van der Waals surface area contributed by atoms with Crippen molar-refractivity contribution < 1.29 is 0 Å². The number of hydrogen-bond donors (Lipinski definition) is 0. The molecule has 0 aliphatic heterocycles. The number of hydrogen-bond acceptors (Lipinski definition) is 0. The van der Waals surface area contributed by atoms with Crippen LogP contribution < -0.4 is 0 Å². The molecule has 0 bridgehead atoms. The van der Waals surface area contributed by atoms with Crippen molar-refractivity contribution in [2.75, 3.05) is 0 Å². The second-order valence-corrected chi connectivity index (χ2v) is 2.08. The highest BCUT2D eigenvalue weighted by atomic mass is 13.9. The Morgan fingerprint density at radius 3 is 1.44 bits per heavy atom. The normalized spacial score (nSPS) is 8.22. The first-order chi connectivity index (χ1) is 3.80. The van der Waals surface area contributed by atoms with Gasteiger partial charge < -0.3 is 0 Å². The van der Waals surface area contributed by atoms with Crippen molar-refractivity contribution in [3.05, 3.63) is 35.4 Å². The lowest BCUT2D eigenvalue weighted by Gasteiger charge is -1.93. The molecule has 0 radical (unpaired) electrons. The van der Waals surface area contributed by atoms with Crippen LogP contribution in [0.25, 0.3) is 0 Å². The Morgan fingerprint density at radius 1 is 0.889 bits per heavy atom. The molecule has 1 aromatic carbocycles. The minimum atomic E-state index is 0. The fraction of sp³-hybridized carbons (Fsp3) is 0.250. The molecule has 48 valence electrons. The van der Waals surface area contributed by atoms with Crippen LogP contribution in [0.3, 0.4) is 0 Å². The zero-order chi connectivity index (χ0) is 5.98. The van der Waals surface area contributed by atoms with Crippen molar-refractivity contribution in [1.29, 1.82) is 0 Å². The van der Waals surface area contributed by atoms with Gasteiger partial charge in [-0.15, -0.1) is 0 Å². The molecule has 0 saturated carbocycles. The summed E-state index contributed by atoms with van der Waals surface area (Å²) in [5, 5.41) is 0. The first kappa shape index (κ1) is 8.28. The van der Waals surface area contributed by atoms with E-state index < -0.39 is 0 Å². The summed E-state index contributed by atoms with van der Waals surface area (Å²) in [6.45, 7) is 4.24. The van der Waals surface area contributed by atoms with Crippen LogP contribution in [0.1, 0.15) is 11.1 Å². The highest BCUT2D eigenvalue weighted by molar-refractivity contribution is 5.75. The Labute approximate surface area is 58.5 Å². The monoisotopic (exact) mass is 120 g/mol. The maximum atomic E-state index is 2.12. The summed E-state index contributed by atoms with van der Waals surface area (Å²) in [7, 11) is 0. The Bertz CT molecular complexity index is 161. The van der Waals surface area contributed by atoms with Crippen molar-refractivity contribution in [1.82, 2.24) is 0 Å². The molecule has 0 aliphatic rings. The van der Waals surface area contributed by atoms with E-state index >= 15 is 0 Å². The number of rotatable bonds is 0. The van der Waals surface area contributed by atoms with Gasteiger partial charge in [-0.3, -0.25) is 0 Å². The quantitative estimate of drug-likeness (QED) is 0.450. The van der Waals surface area contributed by atoms with Crippen molar-refractivity contribution >= 4 is 8.41 Å². The van der Waals surface area contributed by atoms with Crippen LogP contribution in [-0.4, -0.2) is 8.41 Å². The van der Waals surface area contributed by atoms with Gasteiger partial charge in [0.15, 0.2) is 0 Å². The van der Waals surface area contributed by atoms with Gasteiger partial charge in [-0.05, 0) is 25.0 Å². The summed E-state index contributed by atoms with van der Waals surface area (Å²) in [6, 6.07) is 8.36. The first-order valence-corrected chi connectivity index (χ1v) is 2.83. The van der Waals surface area contributed by atoms with Crippen LogP contribution >= 0.6 is 0 Å². The van der Waals surface area contributed by atoms with Gasteiger partial charge in [0, 0.05) is 0 Å². The van der Waals surface area contributed by atoms with Crippen molar-refractivity contribution in [3.63, 3.8) is 0 Å². The molecule has 0 fully saturated rings. The van der Waals surface area contributed by atoms with Gasteiger partial charge in [-0.25, -0.2) is 0 Å². The SMILES string of the molecule is B.Cc1ccccc1C. The lowest BCUT2D eigenvalue weighted by Crippen LogP contribution is -1.74. The number of aryl methyl sites for hydroxylation is 2. The van der Waals surface area contributed by atoms with Gasteiger partial charge in [-0.1, -0.05) is 24.3 Å². The molecule has 0 aliphatic carbocycles. The Balaban J connectivity index is 0.000000640. The van der Waals surface area contributed by atoms with E-state index in [0.29, 0.717) is 0 Å². The van der Waals surface area contributed by atoms with Gasteiger partial charge in [0.05, 0.1) is 8.41 Å². The van der Waals surface area contributed by atoms with E-state index in [1.54, 1.807) is 0 Å². The molecular weight excluding hydrogens is 107 g/mol. The van der Waals surface area contributed by atoms with Gasteiger partial charge in [0.2, 0.25) is 0 Å². The molecule has 0 atom stereocenters. The van der Waals surface area contributed by atoms with Crippen LogP contribution in [0.4, 0.5) is 0 Å². The second kappa shape index (κ2) is 3.34. The van der Waals surface area contributed by atoms with E-state index in [1.165, 1.54) is 11.1 Å². The molecule has 0 aromatic heterocycles. The Morgan fingerprint density at radius 2 is 1.22 bits per heavy atom. The third kappa shape index (κ3) is 1.92. The largest absolute Gasteiger partial charge is 0.0814 e. The lowest BCUT2D eigenvalue weighted by molar-refractivity contribution is 1.34.